The predicted molar refractivity (Wildman–Crippen MR) is 75.2 cm³/mol. The first-order chi connectivity index (χ1) is 9.13. The fraction of sp³-hybridized carbons (Fsp3) is 0.533. The summed E-state index contributed by atoms with van der Waals surface area (Å²) in [7, 11) is 0. The number of phenols is 2. The van der Waals surface area contributed by atoms with Crippen molar-refractivity contribution in [3.05, 3.63) is 23.8 Å². The van der Waals surface area contributed by atoms with Crippen LogP contribution in [0.1, 0.15) is 44.6 Å². The normalized spacial score (nSPS) is 10.4. The molecule has 0 fully saturated rings. The van der Waals surface area contributed by atoms with Crippen molar-refractivity contribution in [3.8, 4) is 11.5 Å². The molecular weight excluding hydrogens is 242 g/mol. The molecule has 0 aliphatic rings. The molecule has 3 N–H and O–H groups in total. The smallest absolute Gasteiger partial charge is 0.220 e. The summed E-state index contributed by atoms with van der Waals surface area (Å²) in [5.41, 5.74) is 0.890. The van der Waals surface area contributed by atoms with Crippen LogP contribution >= 0.6 is 0 Å². The average molecular weight is 265 g/mol. The Morgan fingerprint density at radius 3 is 2.63 bits per heavy atom. The Morgan fingerprint density at radius 1 is 1.16 bits per heavy atom. The van der Waals surface area contributed by atoms with Crippen LogP contribution in [-0.2, 0) is 11.2 Å². The molecule has 0 heterocycles. The zero-order valence-corrected chi connectivity index (χ0v) is 11.5. The van der Waals surface area contributed by atoms with E-state index in [0.717, 1.165) is 18.4 Å². The minimum absolute atomic E-state index is 0.0825. The van der Waals surface area contributed by atoms with Crippen molar-refractivity contribution in [3.63, 3.8) is 0 Å². The van der Waals surface area contributed by atoms with Crippen molar-refractivity contribution in [2.24, 2.45) is 0 Å². The van der Waals surface area contributed by atoms with E-state index in [0.29, 0.717) is 19.4 Å². The number of carbonyl (C=O) groups is 1. The van der Waals surface area contributed by atoms with Crippen LogP contribution in [0.2, 0.25) is 0 Å². The molecule has 19 heavy (non-hydrogen) atoms. The molecule has 1 aromatic carbocycles. The van der Waals surface area contributed by atoms with Crippen LogP contribution in [0.15, 0.2) is 18.2 Å². The molecule has 0 bridgehead atoms. The first kappa shape index (κ1) is 15.3. The third-order valence-electron chi connectivity index (χ3n) is 3.03. The van der Waals surface area contributed by atoms with Gasteiger partial charge in [-0.15, -0.1) is 0 Å². The molecule has 0 unspecified atom stereocenters. The van der Waals surface area contributed by atoms with Crippen LogP contribution in [0.4, 0.5) is 0 Å². The van der Waals surface area contributed by atoms with Crippen LogP contribution in [0.25, 0.3) is 0 Å². The molecule has 1 rings (SSSR count). The lowest BCUT2D eigenvalue weighted by Gasteiger charge is -2.06. The second kappa shape index (κ2) is 8.40. The number of carbonyl (C=O) groups excluding carboxylic acids is 1. The Balaban J connectivity index is 2.18. The Bertz CT molecular complexity index is 404. The third kappa shape index (κ3) is 6.13. The second-order valence-corrected chi connectivity index (χ2v) is 4.73. The van der Waals surface area contributed by atoms with Gasteiger partial charge in [-0.2, -0.15) is 0 Å². The zero-order chi connectivity index (χ0) is 14.1. The molecule has 0 atom stereocenters. The molecule has 0 saturated carbocycles. The van der Waals surface area contributed by atoms with Crippen LogP contribution in [0.3, 0.4) is 0 Å². The summed E-state index contributed by atoms with van der Waals surface area (Å²) < 4.78 is 0. The first-order valence-electron chi connectivity index (χ1n) is 6.91. The molecule has 1 amide bonds. The van der Waals surface area contributed by atoms with Crippen LogP contribution in [0, 0.1) is 0 Å². The number of nitrogens with one attached hydrogen (secondary N) is 1. The van der Waals surface area contributed by atoms with Crippen LogP contribution < -0.4 is 5.32 Å². The maximum Gasteiger partial charge on any atom is 0.220 e. The van der Waals surface area contributed by atoms with Crippen molar-refractivity contribution >= 4 is 5.91 Å². The third-order valence-corrected chi connectivity index (χ3v) is 3.03. The van der Waals surface area contributed by atoms with Gasteiger partial charge in [0.15, 0.2) is 11.5 Å². The highest BCUT2D eigenvalue weighted by Crippen LogP contribution is 2.24. The zero-order valence-electron chi connectivity index (χ0n) is 11.5. The highest BCUT2D eigenvalue weighted by Gasteiger charge is 2.03. The maximum absolute atomic E-state index is 11.5. The standard InChI is InChI=1S/C15H23NO3/c1-2-3-4-5-6-15(19)16-10-9-12-7-8-13(17)14(18)11-12/h7-8,11,17-18H,2-6,9-10H2,1H3,(H,16,19). The quantitative estimate of drug-likeness (QED) is 0.500. The van der Waals surface area contributed by atoms with E-state index < -0.39 is 0 Å². The Morgan fingerprint density at radius 2 is 1.95 bits per heavy atom. The van der Waals surface area contributed by atoms with Crippen molar-refractivity contribution in [2.75, 3.05) is 6.54 Å². The molecule has 0 aliphatic heterocycles. The monoisotopic (exact) mass is 265 g/mol. The largest absolute Gasteiger partial charge is 0.504 e. The fourth-order valence-electron chi connectivity index (χ4n) is 1.87. The van der Waals surface area contributed by atoms with E-state index in [1.54, 1.807) is 6.07 Å². The van der Waals surface area contributed by atoms with E-state index in [1.807, 2.05) is 0 Å². The van der Waals surface area contributed by atoms with Crippen LogP contribution in [-0.4, -0.2) is 22.7 Å². The van der Waals surface area contributed by atoms with Gasteiger partial charge in [-0.05, 0) is 30.5 Å². The molecule has 0 radical (unpaired) electrons. The van der Waals surface area contributed by atoms with Gasteiger partial charge in [0.2, 0.25) is 5.91 Å². The number of rotatable bonds is 8. The van der Waals surface area contributed by atoms with Gasteiger partial charge in [0.1, 0.15) is 0 Å². The van der Waals surface area contributed by atoms with Gasteiger partial charge in [-0.1, -0.05) is 32.3 Å². The van der Waals surface area contributed by atoms with Gasteiger partial charge in [-0.25, -0.2) is 0 Å². The summed E-state index contributed by atoms with van der Waals surface area (Å²) in [5.74, 6) is -0.161. The Kier molecular flexibility index (Phi) is 6.79. The molecule has 4 nitrogen and oxygen atoms in total. The van der Waals surface area contributed by atoms with E-state index in [2.05, 4.69) is 12.2 Å². The lowest BCUT2D eigenvalue weighted by atomic mass is 10.1. The summed E-state index contributed by atoms with van der Waals surface area (Å²) in [4.78, 5) is 11.5. The lowest BCUT2D eigenvalue weighted by molar-refractivity contribution is -0.121. The van der Waals surface area contributed by atoms with Crippen molar-refractivity contribution < 1.29 is 15.0 Å². The van der Waals surface area contributed by atoms with Gasteiger partial charge >= 0.3 is 0 Å². The topological polar surface area (TPSA) is 69.6 Å². The SMILES string of the molecule is CCCCCCC(=O)NCCc1ccc(O)c(O)c1. The number of aromatic hydroxyl groups is 2. The van der Waals surface area contributed by atoms with Gasteiger partial charge in [-0.3, -0.25) is 4.79 Å². The fourth-order valence-corrected chi connectivity index (χ4v) is 1.87. The Hall–Kier alpha value is -1.71. The predicted octanol–water partition coefficient (Wildman–Crippen LogP) is 2.73. The van der Waals surface area contributed by atoms with Gasteiger partial charge in [0.05, 0.1) is 0 Å². The van der Waals surface area contributed by atoms with E-state index in [9.17, 15) is 15.0 Å². The minimum Gasteiger partial charge on any atom is -0.504 e. The van der Waals surface area contributed by atoms with E-state index >= 15 is 0 Å². The van der Waals surface area contributed by atoms with Crippen molar-refractivity contribution in [2.45, 2.75) is 45.4 Å². The van der Waals surface area contributed by atoms with Crippen molar-refractivity contribution in [1.29, 1.82) is 0 Å². The summed E-state index contributed by atoms with van der Waals surface area (Å²) in [6.45, 7) is 2.70. The van der Waals surface area contributed by atoms with Gasteiger partial charge in [0, 0.05) is 13.0 Å². The number of unbranched alkanes of at least 4 members (excludes halogenated alkanes) is 3. The summed E-state index contributed by atoms with van der Waals surface area (Å²) in [6.07, 6.45) is 5.64. The second-order valence-electron chi connectivity index (χ2n) is 4.73. The summed E-state index contributed by atoms with van der Waals surface area (Å²) in [6, 6.07) is 4.71. The molecule has 0 spiro atoms. The first-order valence-corrected chi connectivity index (χ1v) is 6.91. The molecular formula is C15H23NO3. The molecule has 0 aromatic heterocycles. The molecule has 0 saturated heterocycles. The Labute approximate surface area is 114 Å². The van der Waals surface area contributed by atoms with Gasteiger partial charge < -0.3 is 15.5 Å². The average Bonchev–Trinajstić information content (AvgIpc) is 2.39. The van der Waals surface area contributed by atoms with E-state index in [1.165, 1.54) is 25.0 Å². The number of hydrogen-bond donors (Lipinski definition) is 3. The highest BCUT2D eigenvalue weighted by molar-refractivity contribution is 5.75. The number of benzene rings is 1. The highest BCUT2D eigenvalue weighted by atomic mass is 16.3. The number of amides is 1. The molecule has 106 valence electrons. The molecule has 4 heteroatoms. The minimum atomic E-state index is -0.122. The maximum atomic E-state index is 11.5. The lowest BCUT2D eigenvalue weighted by Crippen LogP contribution is -2.25. The van der Waals surface area contributed by atoms with Crippen LogP contribution in [0.5, 0.6) is 11.5 Å². The molecule has 0 aliphatic carbocycles. The molecule has 1 aromatic rings. The number of hydrogen-bond acceptors (Lipinski definition) is 3. The van der Waals surface area contributed by atoms with Gasteiger partial charge in [0.25, 0.3) is 0 Å². The summed E-state index contributed by atoms with van der Waals surface area (Å²) >= 11 is 0. The van der Waals surface area contributed by atoms with Crippen molar-refractivity contribution in [1.82, 2.24) is 5.32 Å². The van der Waals surface area contributed by atoms with E-state index in [4.69, 9.17) is 0 Å². The summed E-state index contributed by atoms with van der Waals surface area (Å²) in [5, 5.41) is 21.4. The number of phenolic OH excluding ortho intramolecular Hbond substituents is 2. The van der Waals surface area contributed by atoms with E-state index in [-0.39, 0.29) is 17.4 Å².